The molecule has 4 aliphatic carbocycles. The van der Waals surface area contributed by atoms with Gasteiger partial charge in [0.05, 0.1) is 17.6 Å². The van der Waals surface area contributed by atoms with Crippen molar-refractivity contribution in [3.8, 4) is 0 Å². The molecule has 174 valence electrons. The van der Waals surface area contributed by atoms with Gasteiger partial charge in [-0.15, -0.1) is 12.4 Å². The van der Waals surface area contributed by atoms with Crippen LogP contribution in [0.3, 0.4) is 0 Å². The van der Waals surface area contributed by atoms with E-state index in [1.54, 1.807) is 0 Å². The molecule has 0 unspecified atom stereocenters. The topological polar surface area (TPSA) is 62.8 Å². The lowest BCUT2D eigenvalue weighted by Gasteiger charge is -2.56. The number of imidazole rings is 1. The molecule has 2 N–H and O–H groups in total. The van der Waals surface area contributed by atoms with E-state index in [1.165, 1.54) is 19.3 Å². The Morgan fingerprint density at radius 2 is 1.48 bits per heavy atom. The second kappa shape index (κ2) is 8.52. The maximum atomic E-state index is 13.3. The molecule has 1 amide bonds. The minimum Gasteiger partial charge on any atom is -0.349 e. The van der Waals surface area contributed by atoms with E-state index in [9.17, 15) is 4.79 Å². The zero-order chi connectivity index (χ0) is 21.9. The number of hydrogen-bond donors (Lipinski definition) is 2. The monoisotopic (exact) mass is 484 g/mol. The number of rotatable bonds is 5. The van der Waals surface area contributed by atoms with E-state index in [2.05, 4.69) is 5.32 Å². The smallest absolute Gasteiger partial charge is 0.240 e. The van der Waals surface area contributed by atoms with Crippen molar-refractivity contribution in [1.29, 1.82) is 5.41 Å². The zero-order valence-electron chi connectivity index (χ0n) is 18.6. The van der Waals surface area contributed by atoms with Gasteiger partial charge in [-0.3, -0.25) is 10.2 Å². The molecule has 1 aromatic heterocycles. The second-order valence-corrected chi connectivity index (χ2v) is 10.8. The number of halogens is 2. The summed E-state index contributed by atoms with van der Waals surface area (Å²) in [6.45, 7) is 0.759. The number of para-hydroxylation sites is 2. The Morgan fingerprint density at radius 1 is 0.939 bits per heavy atom. The van der Waals surface area contributed by atoms with Gasteiger partial charge in [-0.05, 0) is 86.1 Å². The summed E-state index contributed by atoms with van der Waals surface area (Å²) < 4.78 is 3.82. The lowest BCUT2D eigenvalue weighted by atomic mass is 9.53. The molecule has 4 aliphatic rings. The largest absolute Gasteiger partial charge is 0.349 e. The standard InChI is InChI=1S/C26H29ClN4O.ClH/c27-21-7-5-17(6-8-21)15-30-22-3-1-2-4-23(22)31(25(30)28)16-24(32)29-26-12-18-9-19(13-26)11-20(10-18)14-26;/h1-8,18-20,28H,9-16H2,(H,29,32);1H. The van der Waals surface area contributed by atoms with Crippen LogP contribution in [-0.2, 0) is 17.9 Å². The molecule has 33 heavy (non-hydrogen) atoms. The van der Waals surface area contributed by atoms with E-state index in [0.717, 1.165) is 53.6 Å². The van der Waals surface area contributed by atoms with Gasteiger partial charge in [0.1, 0.15) is 6.54 Å². The van der Waals surface area contributed by atoms with Crippen molar-refractivity contribution in [2.45, 2.75) is 57.2 Å². The lowest BCUT2D eigenvalue weighted by molar-refractivity contribution is -0.127. The van der Waals surface area contributed by atoms with Crippen molar-refractivity contribution in [3.63, 3.8) is 0 Å². The van der Waals surface area contributed by atoms with Gasteiger partial charge in [0.25, 0.3) is 0 Å². The normalized spacial score (nSPS) is 27.5. The van der Waals surface area contributed by atoms with E-state index in [4.69, 9.17) is 17.0 Å². The number of nitrogens with zero attached hydrogens (tertiary/aromatic N) is 2. The molecule has 7 heteroatoms. The third kappa shape index (κ3) is 4.10. The molecule has 0 saturated heterocycles. The average Bonchev–Trinajstić information content (AvgIpc) is 3.00. The zero-order valence-corrected chi connectivity index (χ0v) is 20.2. The van der Waals surface area contributed by atoms with Crippen LogP contribution in [0, 0.1) is 23.2 Å². The SMILES string of the molecule is Cl.N=c1n(CC(=O)NC23CC4CC(CC(C4)C2)C3)c2ccccc2n1Cc1ccc(Cl)cc1. The molecule has 1 heterocycles. The van der Waals surface area contributed by atoms with Crippen molar-refractivity contribution in [1.82, 2.24) is 14.5 Å². The molecule has 0 radical (unpaired) electrons. The molecular weight excluding hydrogens is 455 g/mol. The lowest BCUT2D eigenvalue weighted by Crippen LogP contribution is -2.60. The van der Waals surface area contributed by atoms with Gasteiger partial charge in [0.2, 0.25) is 11.5 Å². The van der Waals surface area contributed by atoms with E-state index >= 15 is 0 Å². The van der Waals surface area contributed by atoms with Crippen molar-refractivity contribution in [2.24, 2.45) is 17.8 Å². The second-order valence-electron chi connectivity index (χ2n) is 10.4. The Morgan fingerprint density at radius 3 is 2.06 bits per heavy atom. The Kier molecular flexibility index (Phi) is 5.82. The minimum absolute atomic E-state index is 0. The molecule has 4 fully saturated rings. The fourth-order valence-electron chi connectivity index (χ4n) is 7.13. The van der Waals surface area contributed by atoms with E-state index in [-0.39, 0.29) is 30.4 Å². The summed E-state index contributed by atoms with van der Waals surface area (Å²) in [5.74, 6) is 2.42. The van der Waals surface area contributed by atoms with Gasteiger partial charge in [0.15, 0.2) is 0 Å². The van der Waals surface area contributed by atoms with E-state index < -0.39 is 0 Å². The first-order chi connectivity index (χ1) is 15.5. The molecular formula is C26H30Cl2N4O. The quantitative estimate of drug-likeness (QED) is 0.517. The molecule has 0 atom stereocenters. The van der Waals surface area contributed by atoms with E-state index in [1.807, 2.05) is 57.7 Å². The highest BCUT2D eigenvalue weighted by molar-refractivity contribution is 6.30. The highest BCUT2D eigenvalue weighted by atomic mass is 35.5. The van der Waals surface area contributed by atoms with E-state index in [0.29, 0.717) is 17.2 Å². The highest BCUT2D eigenvalue weighted by Gasteiger charge is 2.51. The number of amides is 1. The number of nitrogens with one attached hydrogen (secondary N) is 2. The Hall–Kier alpha value is -2.24. The molecule has 2 aromatic carbocycles. The van der Waals surface area contributed by atoms with Crippen LogP contribution in [-0.4, -0.2) is 20.6 Å². The van der Waals surface area contributed by atoms with Gasteiger partial charge in [-0.25, -0.2) is 0 Å². The van der Waals surface area contributed by atoms with Crippen LogP contribution in [0.4, 0.5) is 0 Å². The minimum atomic E-state index is -0.00371. The first kappa shape index (κ1) is 22.5. The van der Waals surface area contributed by atoms with Crippen LogP contribution in [0.2, 0.25) is 5.02 Å². The summed E-state index contributed by atoms with van der Waals surface area (Å²) in [5, 5.41) is 13.0. The number of aromatic nitrogens is 2. The molecule has 3 aromatic rings. The van der Waals surface area contributed by atoms with Crippen molar-refractivity contribution in [3.05, 3.63) is 64.7 Å². The number of benzene rings is 2. The Bertz CT molecular complexity index is 1210. The summed E-state index contributed by atoms with van der Waals surface area (Å²) in [6.07, 6.45) is 7.50. The molecule has 0 aliphatic heterocycles. The van der Waals surface area contributed by atoms with Crippen LogP contribution < -0.4 is 10.9 Å². The van der Waals surface area contributed by atoms with Crippen LogP contribution >= 0.6 is 24.0 Å². The third-order valence-electron chi connectivity index (χ3n) is 7.97. The van der Waals surface area contributed by atoms with Crippen LogP contribution in [0.5, 0.6) is 0 Å². The molecule has 5 nitrogen and oxygen atoms in total. The van der Waals surface area contributed by atoms with Gasteiger partial charge < -0.3 is 14.5 Å². The molecule has 0 spiro atoms. The van der Waals surface area contributed by atoms with Crippen LogP contribution in [0.25, 0.3) is 11.0 Å². The van der Waals surface area contributed by atoms with Gasteiger partial charge in [-0.2, -0.15) is 0 Å². The predicted octanol–water partition coefficient (Wildman–Crippen LogP) is 5.13. The summed E-state index contributed by atoms with van der Waals surface area (Å²) in [4.78, 5) is 13.3. The van der Waals surface area contributed by atoms with Crippen molar-refractivity contribution < 1.29 is 4.79 Å². The molecule has 7 rings (SSSR count). The fraction of sp³-hybridized carbons (Fsp3) is 0.462. The van der Waals surface area contributed by atoms with Crippen LogP contribution in [0.15, 0.2) is 48.5 Å². The fourth-order valence-corrected chi connectivity index (χ4v) is 7.26. The predicted molar refractivity (Wildman–Crippen MR) is 133 cm³/mol. The maximum absolute atomic E-state index is 13.3. The van der Waals surface area contributed by atoms with Crippen molar-refractivity contribution >= 4 is 40.9 Å². The summed E-state index contributed by atoms with van der Waals surface area (Å²) >= 11 is 6.04. The Balaban J connectivity index is 0.00000228. The maximum Gasteiger partial charge on any atom is 0.240 e. The molecule has 4 saturated carbocycles. The van der Waals surface area contributed by atoms with Gasteiger partial charge in [-0.1, -0.05) is 35.9 Å². The number of carbonyl (C=O) groups excluding carboxylic acids is 1. The summed E-state index contributed by atoms with van der Waals surface area (Å²) in [6, 6.07) is 15.7. The number of hydrogen-bond acceptors (Lipinski definition) is 2. The molecule has 4 bridgehead atoms. The van der Waals surface area contributed by atoms with Crippen LogP contribution in [0.1, 0.15) is 44.1 Å². The summed E-state index contributed by atoms with van der Waals surface area (Å²) in [7, 11) is 0. The van der Waals surface area contributed by atoms with Gasteiger partial charge >= 0.3 is 0 Å². The summed E-state index contributed by atoms with van der Waals surface area (Å²) in [5.41, 5.74) is 3.31. The van der Waals surface area contributed by atoms with Gasteiger partial charge in [0, 0.05) is 10.6 Å². The highest BCUT2D eigenvalue weighted by Crippen LogP contribution is 2.55. The number of carbonyl (C=O) groups is 1. The van der Waals surface area contributed by atoms with Crippen molar-refractivity contribution in [2.75, 3.05) is 0 Å². The first-order valence-corrected chi connectivity index (χ1v) is 12.1. The number of fused-ring (bicyclic) bond motifs is 1. The Labute approximate surface area is 205 Å². The first-order valence-electron chi connectivity index (χ1n) is 11.8. The average molecular weight is 485 g/mol. The third-order valence-corrected chi connectivity index (χ3v) is 8.23.